The SMILES string of the molecule is CCCn1ncc(CN2CCC[C@@H](C(=O)c3ccc4cc(OC)ccc4c3)C2)c1C. The first-order chi connectivity index (χ1) is 14.6. The average molecular weight is 406 g/mol. The molecule has 0 bridgehead atoms. The van der Waals surface area contributed by atoms with E-state index in [0.29, 0.717) is 0 Å². The van der Waals surface area contributed by atoms with E-state index in [9.17, 15) is 4.79 Å². The predicted molar refractivity (Wildman–Crippen MR) is 120 cm³/mol. The van der Waals surface area contributed by atoms with Gasteiger partial charge in [-0.15, -0.1) is 0 Å². The topological polar surface area (TPSA) is 47.4 Å². The lowest BCUT2D eigenvalue weighted by molar-refractivity contribution is 0.0811. The molecule has 0 amide bonds. The lowest BCUT2D eigenvalue weighted by atomic mass is 9.89. The highest BCUT2D eigenvalue weighted by Gasteiger charge is 2.27. The van der Waals surface area contributed by atoms with Gasteiger partial charge in [-0.3, -0.25) is 14.4 Å². The van der Waals surface area contributed by atoms with Gasteiger partial charge in [0, 0.05) is 42.4 Å². The van der Waals surface area contributed by atoms with Gasteiger partial charge in [-0.2, -0.15) is 5.10 Å². The van der Waals surface area contributed by atoms with Gasteiger partial charge in [-0.25, -0.2) is 0 Å². The van der Waals surface area contributed by atoms with E-state index in [4.69, 9.17) is 4.74 Å². The van der Waals surface area contributed by atoms with Gasteiger partial charge in [-0.05, 0) is 61.7 Å². The second kappa shape index (κ2) is 9.00. The number of rotatable bonds is 7. The van der Waals surface area contributed by atoms with Crippen LogP contribution in [0.3, 0.4) is 0 Å². The third kappa shape index (κ3) is 4.26. The summed E-state index contributed by atoms with van der Waals surface area (Å²) in [6.45, 7) is 8.01. The highest BCUT2D eigenvalue weighted by molar-refractivity contribution is 6.01. The number of aromatic nitrogens is 2. The van der Waals surface area contributed by atoms with Crippen molar-refractivity contribution in [3.05, 3.63) is 59.4 Å². The van der Waals surface area contributed by atoms with Crippen LogP contribution in [0.15, 0.2) is 42.6 Å². The van der Waals surface area contributed by atoms with E-state index in [-0.39, 0.29) is 11.7 Å². The minimum absolute atomic E-state index is 0.0560. The lowest BCUT2D eigenvalue weighted by Crippen LogP contribution is -2.38. The van der Waals surface area contributed by atoms with Crippen molar-refractivity contribution < 1.29 is 9.53 Å². The Labute approximate surface area is 178 Å². The molecular weight excluding hydrogens is 374 g/mol. The zero-order valence-corrected chi connectivity index (χ0v) is 18.2. The number of ketones is 1. The summed E-state index contributed by atoms with van der Waals surface area (Å²) in [5.74, 6) is 1.15. The Bertz CT molecular complexity index is 1040. The molecule has 30 heavy (non-hydrogen) atoms. The van der Waals surface area contributed by atoms with Gasteiger partial charge in [0.2, 0.25) is 0 Å². The molecule has 2 aromatic carbocycles. The molecule has 158 valence electrons. The van der Waals surface area contributed by atoms with Crippen LogP contribution in [0, 0.1) is 12.8 Å². The zero-order valence-electron chi connectivity index (χ0n) is 18.2. The van der Waals surface area contributed by atoms with Crippen LogP contribution in [0.25, 0.3) is 10.8 Å². The van der Waals surface area contributed by atoms with Crippen LogP contribution in [0.2, 0.25) is 0 Å². The number of ether oxygens (including phenoxy) is 1. The Morgan fingerprint density at radius 1 is 1.20 bits per heavy atom. The van der Waals surface area contributed by atoms with E-state index in [0.717, 1.165) is 67.5 Å². The summed E-state index contributed by atoms with van der Waals surface area (Å²) in [7, 11) is 1.67. The van der Waals surface area contributed by atoms with Crippen molar-refractivity contribution in [3.63, 3.8) is 0 Å². The molecule has 5 heteroatoms. The maximum atomic E-state index is 13.3. The van der Waals surface area contributed by atoms with E-state index in [1.807, 2.05) is 42.6 Å². The summed E-state index contributed by atoms with van der Waals surface area (Å²) < 4.78 is 7.39. The molecule has 1 saturated heterocycles. The monoisotopic (exact) mass is 405 g/mol. The summed E-state index contributed by atoms with van der Waals surface area (Å²) in [4.78, 5) is 15.7. The number of carbonyl (C=O) groups excluding carboxylic acids is 1. The number of likely N-dealkylation sites (tertiary alicyclic amines) is 1. The number of carbonyl (C=O) groups is 1. The zero-order chi connectivity index (χ0) is 21.1. The quantitative estimate of drug-likeness (QED) is 0.527. The van der Waals surface area contributed by atoms with Gasteiger partial charge >= 0.3 is 0 Å². The molecule has 0 spiro atoms. The first-order valence-electron chi connectivity index (χ1n) is 10.9. The number of aryl methyl sites for hydroxylation is 1. The summed E-state index contributed by atoms with van der Waals surface area (Å²) in [5, 5.41) is 6.70. The van der Waals surface area contributed by atoms with Crippen molar-refractivity contribution in [1.29, 1.82) is 0 Å². The van der Waals surface area contributed by atoms with E-state index >= 15 is 0 Å². The molecular formula is C25H31N3O2. The number of benzene rings is 2. The number of nitrogens with zero attached hydrogens (tertiary/aromatic N) is 3. The van der Waals surface area contributed by atoms with Crippen LogP contribution in [-0.2, 0) is 13.1 Å². The standard InChI is InChI=1S/C25H31N3O2/c1-4-11-28-18(2)23(15-26-28)17-27-12-5-6-22(16-27)25(29)21-8-7-20-14-24(30-3)10-9-19(20)13-21/h7-10,13-15,22H,4-6,11-12,16-17H2,1-3H3/t22-/m1/s1. The van der Waals surface area contributed by atoms with Crippen LogP contribution >= 0.6 is 0 Å². The molecule has 0 aliphatic carbocycles. The third-order valence-corrected chi connectivity index (χ3v) is 6.24. The molecule has 0 saturated carbocycles. The van der Waals surface area contributed by atoms with Gasteiger partial charge in [0.15, 0.2) is 5.78 Å². The normalized spacial score (nSPS) is 17.4. The van der Waals surface area contributed by atoms with E-state index in [1.54, 1.807) is 7.11 Å². The van der Waals surface area contributed by atoms with Crippen LogP contribution < -0.4 is 4.74 Å². The van der Waals surface area contributed by atoms with Gasteiger partial charge in [0.25, 0.3) is 0 Å². The van der Waals surface area contributed by atoms with Gasteiger partial charge in [-0.1, -0.05) is 25.1 Å². The molecule has 0 radical (unpaired) electrons. The number of methoxy groups -OCH3 is 1. The Hall–Kier alpha value is -2.66. The fraction of sp³-hybridized carbons (Fsp3) is 0.440. The van der Waals surface area contributed by atoms with Crippen LogP contribution in [-0.4, -0.2) is 40.7 Å². The van der Waals surface area contributed by atoms with E-state index < -0.39 is 0 Å². The fourth-order valence-corrected chi connectivity index (χ4v) is 4.47. The first-order valence-corrected chi connectivity index (χ1v) is 10.9. The lowest BCUT2D eigenvalue weighted by Gasteiger charge is -2.32. The summed E-state index contributed by atoms with van der Waals surface area (Å²) >= 11 is 0. The van der Waals surface area contributed by atoms with Gasteiger partial charge in [0.1, 0.15) is 5.75 Å². The minimum Gasteiger partial charge on any atom is -0.497 e. The van der Waals surface area contributed by atoms with Crippen molar-refractivity contribution >= 4 is 16.6 Å². The Balaban J connectivity index is 1.46. The van der Waals surface area contributed by atoms with Crippen molar-refractivity contribution in [3.8, 4) is 5.75 Å². The van der Waals surface area contributed by atoms with Crippen molar-refractivity contribution in [2.45, 2.75) is 46.2 Å². The Morgan fingerprint density at radius 2 is 2.00 bits per heavy atom. The smallest absolute Gasteiger partial charge is 0.167 e. The predicted octanol–water partition coefficient (Wildman–Crippen LogP) is 4.86. The summed E-state index contributed by atoms with van der Waals surface area (Å²) in [6, 6.07) is 12.0. The molecule has 1 aromatic heterocycles. The van der Waals surface area contributed by atoms with Crippen LogP contribution in [0.4, 0.5) is 0 Å². The fourth-order valence-electron chi connectivity index (χ4n) is 4.47. The largest absolute Gasteiger partial charge is 0.497 e. The first kappa shape index (κ1) is 20.6. The Kier molecular flexibility index (Phi) is 6.18. The van der Waals surface area contributed by atoms with Gasteiger partial charge < -0.3 is 4.74 Å². The molecule has 1 atom stereocenters. The van der Waals surface area contributed by atoms with Crippen LogP contribution in [0.1, 0.15) is 47.8 Å². The molecule has 1 aliphatic rings. The summed E-state index contributed by atoms with van der Waals surface area (Å²) in [6.07, 6.45) is 5.10. The maximum Gasteiger partial charge on any atom is 0.167 e. The molecule has 4 rings (SSSR count). The number of hydrogen-bond acceptors (Lipinski definition) is 4. The number of hydrogen-bond donors (Lipinski definition) is 0. The molecule has 3 aromatic rings. The molecule has 1 fully saturated rings. The number of fused-ring (bicyclic) bond motifs is 1. The van der Waals surface area contributed by atoms with Gasteiger partial charge in [0.05, 0.1) is 13.3 Å². The Morgan fingerprint density at radius 3 is 2.80 bits per heavy atom. The third-order valence-electron chi connectivity index (χ3n) is 6.24. The summed E-state index contributed by atoms with van der Waals surface area (Å²) in [5.41, 5.74) is 3.33. The highest BCUT2D eigenvalue weighted by Crippen LogP contribution is 2.26. The molecule has 0 unspecified atom stereocenters. The van der Waals surface area contributed by atoms with Crippen LogP contribution in [0.5, 0.6) is 5.75 Å². The minimum atomic E-state index is 0.0560. The number of piperidine rings is 1. The van der Waals surface area contributed by atoms with E-state index in [2.05, 4.69) is 28.5 Å². The molecule has 5 nitrogen and oxygen atoms in total. The molecule has 0 N–H and O–H groups in total. The van der Waals surface area contributed by atoms with Crippen molar-refractivity contribution in [2.24, 2.45) is 5.92 Å². The second-order valence-corrected chi connectivity index (χ2v) is 8.34. The maximum absolute atomic E-state index is 13.3. The van der Waals surface area contributed by atoms with Crippen molar-refractivity contribution in [2.75, 3.05) is 20.2 Å². The molecule has 1 aliphatic heterocycles. The average Bonchev–Trinajstić information content (AvgIpc) is 3.12. The van der Waals surface area contributed by atoms with Crippen molar-refractivity contribution in [1.82, 2.24) is 14.7 Å². The highest BCUT2D eigenvalue weighted by atomic mass is 16.5. The molecule has 2 heterocycles. The van der Waals surface area contributed by atoms with E-state index in [1.165, 1.54) is 11.3 Å². The number of Topliss-reactive ketones (excluding diaryl/α,β-unsaturated/α-hetero) is 1. The second-order valence-electron chi connectivity index (χ2n) is 8.34.